The summed E-state index contributed by atoms with van der Waals surface area (Å²) in [5.41, 5.74) is 5.78. The monoisotopic (exact) mass is 461 g/mol. The van der Waals surface area contributed by atoms with Crippen molar-refractivity contribution in [1.29, 1.82) is 0 Å². The van der Waals surface area contributed by atoms with Crippen LogP contribution in [0, 0.1) is 30.6 Å². The first-order chi connectivity index (χ1) is 16.1. The summed E-state index contributed by atoms with van der Waals surface area (Å²) in [5.74, 6) is -10.0. The molecular formula is C26H23NO7. The van der Waals surface area contributed by atoms with E-state index in [1.165, 1.54) is 6.07 Å². The molecule has 5 rings (SSSR count). The van der Waals surface area contributed by atoms with Crippen LogP contribution in [0.4, 0.5) is 0 Å². The Morgan fingerprint density at radius 3 is 2.47 bits per heavy atom. The van der Waals surface area contributed by atoms with Crippen molar-refractivity contribution in [2.75, 3.05) is 0 Å². The minimum atomic E-state index is -2.63. The van der Waals surface area contributed by atoms with Crippen LogP contribution in [-0.2, 0) is 25.6 Å². The van der Waals surface area contributed by atoms with Gasteiger partial charge in [0.2, 0.25) is 5.91 Å². The van der Waals surface area contributed by atoms with Crippen LogP contribution < -0.4 is 5.73 Å². The molecule has 0 spiro atoms. The predicted octanol–water partition coefficient (Wildman–Crippen LogP) is 1.30. The van der Waals surface area contributed by atoms with Crippen molar-refractivity contribution in [2.24, 2.45) is 29.4 Å². The van der Waals surface area contributed by atoms with Gasteiger partial charge in [-0.1, -0.05) is 35.9 Å². The summed E-state index contributed by atoms with van der Waals surface area (Å²) in [7, 11) is 0. The van der Waals surface area contributed by atoms with Gasteiger partial charge in [0.25, 0.3) is 0 Å². The number of Topliss-reactive ketones (excluding diaryl/α,β-unsaturated/α-hetero) is 4. The van der Waals surface area contributed by atoms with Crippen LogP contribution in [0.15, 0.2) is 36.4 Å². The van der Waals surface area contributed by atoms with Gasteiger partial charge in [-0.15, -0.1) is 0 Å². The molecule has 8 nitrogen and oxygen atoms in total. The highest BCUT2D eigenvalue weighted by Gasteiger charge is 2.66. The maximum atomic E-state index is 13.6. The lowest BCUT2D eigenvalue weighted by atomic mass is 9.53. The Hall–Kier alpha value is -3.65. The second-order valence-corrected chi connectivity index (χ2v) is 9.59. The van der Waals surface area contributed by atoms with Crippen LogP contribution >= 0.6 is 0 Å². The molecule has 3 aliphatic carbocycles. The number of hydrogen-bond donors (Lipinski definition) is 3. The normalized spacial score (nSPS) is 30.4. The number of phenols is 1. The Balaban J connectivity index is 1.62. The van der Waals surface area contributed by atoms with E-state index < -0.39 is 58.3 Å². The topological polar surface area (TPSA) is 152 Å². The Bertz CT molecular complexity index is 1310. The molecular weight excluding hydrogens is 438 g/mol. The third kappa shape index (κ3) is 2.91. The van der Waals surface area contributed by atoms with E-state index in [0.717, 1.165) is 16.7 Å². The van der Waals surface area contributed by atoms with Crippen LogP contribution in [0.3, 0.4) is 0 Å². The molecule has 0 radical (unpaired) electrons. The largest absolute Gasteiger partial charge is 0.507 e. The van der Waals surface area contributed by atoms with Gasteiger partial charge < -0.3 is 15.9 Å². The fourth-order valence-corrected chi connectivity index (χ4v) is 6.05. The van der Waals surface area contributed by atoms with E-state index in [1.807, 2.05) is 31.2 Å². The van der Waals surface area contributed by atoms with Crippen LogP contribution in [-0.4, -0.2) is 44.9 Å². The van der Waals surface area contributed by atoms with Crippen molar-refractivity contribution in [3.8, 4) is 16.9 Å². The number of benzene rings is 2. The maximum Gasteiger partial charge on any atom is 0.235 e. The molecule has 0 saturated heterocycles. The summed E-state index contributed by atoms with van der Waals surface area (Å²) in [6.07, 6.45) is -0.0239. The second-order valence-electron chi connectivity index (χ2n) is 9.59. The average Bonchev–Trinajstić information content (AvgIpc) is 2.76. The molecule has 0 aliphatic heterocycles. The Labute approximate surface area is 194 Å². The minimum Gasteiger partial charge on any atom is -0.507 e. The van der Waals surface area contributed by atoms with Crippen molar-refractivity contribution in [1.82, 2.24) is 0 Å². The molecule has 2 aromatic carbocycles. The molecule has 2 unspecified atom stereocenters. The number of aromatic hydroxyl groups is 1. The number of hydrogen-bond acceptors (Lipinski definition) is 7. The number of rotatable bonds is 2. The van der Waals surface area contributed by atoms with E-state index in [9.17, 15) is 34.2 Å². The zero-order valence-corrected chi connectivity index (χ0v) is 18.4. The number of ketones is 4. The van der Waals surface area contributed by atoms with Crippen molar-refractivity contribution in [2.45, 2.75) is 31.8 Å². The van der Waals surface area contributed by atoms with E-state index in [2.05, 4.69) is 0 Å². The van der Waals surface area contributed by atoms with E-state index in [0.29, 0.717) is 5.56 Å². The fourth-order valence-electron chi connectivity index (χ4n) is 6.05. The molecule has 4 N–H and O–H groups in total. The molecule has 8 heteroatoms. The van der Waals surface area contributed by atoms with Crippen LogP contribution in [0.5, 0.6) is 5.75 Å². The highest BCUT2D eigenvalue weighted by atomic mass is 16.3. The minimum absolute atomic E-state index is 0.00134. The summed E-state index contributed by atoms with van der Waals surface area (Å²) in [5, 5.41) is 21.8. The standard InChI is InChI=1S/C26H23NO7/c1-11-3-2-4-12(7-11)15-5-6-17(28)20-16(15)9-13-8-14-10-18(29)21(25(27)33)24(32)26(14,34)23(31)19(13)22(20)30/h2-7,13-14,19,21,28,34H,8-10H2,1H3,(H2,27,33)/t13-,14+,19?,21?,26+/m1/s1. The number of carbonyl (C=O) groups is 5. The van der Waals surface area contributed by atoms with Crippen molar-refractivity contribution < 1.29 is 34.2 Å². The number of phenolic OH excluding ortho intramolecular Hbond substituents is 1. The first-order valence-electron chi connectivity index (χ1n) is 11.1. The maximum absolute atomic E-state index is 13.6. The first kappa shape index (κ1) is 22.2. The molecule has 3 aliphatic rings. The lowest BCUT2D eigenvalue weighted by molar-refractivity contribution is -0.175. The number of carbonyl (C=O) groups excluding carboxylic acids is 5. The van der Waals surface area contributed by atoms with Gasteiger partial charge in [0.05, 0.1) is 11.5 Å². The second kappa shape index (κ2) is 7.43. The Kier molecular flexibility index (Phi) is 4.84. The van der Waals surface area contributed by atoms with E-state index in [4.69, 9.17) is 5.73 Å². The zero-order chi connectivity index (χ0) is 24.5. The summed E-state index contributed by atoms with van der Waals surface area (Å²) >= 11 is 0. The summed E-state index contributed by atoms with van der Waals surface area (Å²) in [6.45, 7) is 1.94. The van der Waals surface area contributed by atoms with E-state index >= 15 is 0 Å². The molecule has 2 aromatic rings. The molecule has 1 amide bonds. The molecule has 174 valence electrons. The van der Waals surface area contributed by atoms with E-state index in [1.54, 1.807) is 6.07 Å². The summed E-state index contributed by atoms with van der Waals surface area (Å²) in [4.78, 5) is 64.2. The Morgan fingerprint density at radius 2 is 1.79 bits per heavy atom. The van der Waals surface area contributed by atoms with Crippen molar-refractivity contribution >= 4 is 29.0 Å². The van der Waals surface area contributed by atoms with Gasteiger partial charge in [-0.05, 0) is 48.4 Å². The molecule has 0 heterocycles. The quantitative estimate of drug-likeness (QED) is 0.570. The number of amides is 1. The van der Waals surface area contributed by atoms with Crippen molar-refractivity contribution in [3.05, 3.63) is 53.1 Å². The highest BCUT2D eigenvalue weighted by Crippen LogP contribution is 2.51. The average molecular weight is 461 g/mol. The van der Waals surface area contributed by atoms with E-state index in [-0.39, 0.29) is 30.6 Å². The van der Waals surface area contributed by atoms with Gasteiger partial charge >= 0.3 is 0 Å². The van der Waals surface area contributed by atoms with Gasteiger partial charge in [-0.2, -0.15) is 0 Å². The molecule has 2 saturated carbocycles. The summed E-state index contributed by atoms with van der Waals surface area (Å²) in [6, 6.07) is 10.8. The van der Waals surface area contributed by atoms with Gasteiger partial charge in [0, 0.05) is 12.3 Å². The number of primary amides is 1. The van der Waals surface area contributed by atoms with Crippen molar-refractivity contribution in [3.63, 3.8) is 0 Å². The van der Waals surface area contributed by atoms with Gasteiger partial charge in [0.15, 0.2) is 34.7 Å². The molecule has 2 fully saturated rings. The lowest BCUT2D eigenvalue weighted by Gasteiger charge is -2.48. The molecule has 34 heavy (non-hydrogen) atoms. The third-order valence-corrected chi connectivity index (χ3v) is 7.61. The first-order valence-corrected chi connectivity index (χ1v) is 11.1. The summed E-state index contributed by atoms with van der Waals surface area (Å²) < 4.78 is 0. The van der Waals surface area contributed by atoms with Gasteiger partial charge in [-0.25, -0.2) is 0 Å². The van der Waals surface area contributed by atoms with Gasteiger partial charge in [-0.3, -0.25) is 24.0 Å². The highest BCUT2D eigenvalue weighted by molar-refractivity contribution is 6.31. The number of aryl methyl sites for hydroxylation is 1. The SMILES string of the molecule is Cc1cccc(-c2ccc(O)c3c2C[C@H]2C[C@H]4CC(=O)C(C(N)=O)C(=O)[C@@]4(O)C(=O)C2C3=O)c1. The van der Waals surface area contributed by atoms with Crippen LogP contribution in [0.25, 0.3) is 11.1 Å². The molecule has 5 atom stereocenters. The zero-order valence-electron chi connectivity index (χ0n) is 18.4. The molecule has 0 bridgehead atoms. The lowest BCUT2D eigenvalue weighted by Crippen LogP contribution is -2.68. The molecule has 0 aromatic heterocycles. The number of fused-ring (bicyclic) bond motifs is 3. The third-order valence-electron chi connectivity index (χ3n) is 7.61. The predicted molar refractivity (Wildman–Crippen MR) is 119 cm³/mol. The smallest absolute Gasteiger partial charge is 0.235 e. The number of nitrogens with two attached hydrogens (primary N) is 1. The number of aliphatic hydroxyl groups is 1. The van der Waals surface area contributed by atoms with Crippen LogP contribution in [0.2, 0.25) is 0 Å². The van der Waals surface area contributed by atoms with Gasteiger partial charge in [0.1, 0.15) is 5.75 Å². The fraction of sp³-hybridized carbons (Fsp3) is 0.346. The van der Waals surface area contributed by atoms with Crippen LogP contribution in [0.1, 0.15) is 34.3 Å². The Morgan fingerprint density at radius 1 is 1.06 bits per heavy atom.